The van der Waals surface area contributed by atoms with E-state index in [1.807, 2.05) is 55.4 Å². The van der Waals surface area contributed by atoms with E-state index < -0.39 is 0 Å². The molecule has 0 amide bonds. The van der Waals surface area contributed by atoms with E-state index in [0.29, 0.717) is 21.9 Å². The zero-order valence-electron chi connectivity index (χ0n) is 43.7. The molecule has 4 spiro atoms. The minimum Gasteiger partial charge on any atom is -0.379 e. The van der Waals surface area contributed by atoms with Crippen molar-refractivity contribution in [3.8, 4) is 0 Å². The monoisotopic (exact) mass is 849 g/mol. The van der Waals surface area contributed by atoms with Crippen molar-refractivity contribution in [1.82, 2.24) is 21.3 Å². The van der Waals surface area contributed by atoms with E-state index in [4.69, 9.17) is 18.9 Å². The van der Waals surface area contributed by atoms with Crippen LogP contribution in [0.25, 0.3) is 0 Å². The van der Waals surface area contributed by atoms with Crippen LogP contribution >= 0.6 is 0 Å². The van der Waals surface area contributed by atoms with Gasteiger partial charge < -0.3 is 40.2 Å². The molecule has 0 aromatic rings. The van der Waals surface area contributed by atoms with Crippen LogP contribution in [-0.4, -0.2) is 101 Å². The molecule has 0 aromatic carbocycles. The van der Waals surface area contributed by atoms with Crippen molar-refractivity contribution in [3.05, 3.63) is 23.3 Å². The van der Waals surface area contributed by atoms with Crippen molar-refractivity contribution in [1.29, 1.82) is 0 Å². The van der Waals surface area contributed by atoms with Crippen LogP contribution in [0.4, 0.5) is 0 Å². The molecule has 6 fully saturated rings. The summed E-state index contributed by atoms with van der Waals surface area (Å²) in [7, 11) is 0. The van der Waals surface area contributed by atoms with Gasteiger partial charge in [0, 0.05) is 50.6 Å². The number of hydrogen-bond acceptors (Lipinski definition) is 8. The molecule has 60 heavy (non-hydrogen) atoms. The van der Waals surface area contributed by atoms with E-state index >= 15 is 0 Å². The lowest BCUT2D eigenvalue weighted by molar-refractivity contribution is 0.108. The molecule has 2 unspecified atom stereocenters. The Hall–Kier alpha value is -0.840. The summed E-state index contributed by atoms with van der Waals surface area (Å²) in [5.41, 5.74) is 5.45. The van der Waals surface area contributed by atoms with Crippen LogP contribution in [0.2, 0.25) is 0 Å². The van der Waals surface area contributed by atoms with Crippen LogP contribution in [-0.2, 0) is 18.9 Å². The first-order valence-electron chi connectivity index (χ1n) is 24.9. The summed E-state index contributed by atoms with van der Waals surface area (Å²) in [4.78, 5) is 0. The maximum Gasteiger partial charge on any atom is 0.0688 e. The summed E-state index contributed by atoms with van der Waals surface area (Å²) in [5, 5.41) is 14.5. The van der Waals surface area contributed by atoms with Gasteiger partial charge in [0.2, 0.25) is 0 Å². The average molecular weight is 849 g/mol. The standard InChI is InChI=1S/2C11H21NO.2C11H19NO.4C2H6/c4*1-10(2,3)9-4-6-12-11(9)5-7-13-8-11;4*1-2/h2*9,12H,4-8H2,1-3H3;2*4,12H,5-8H2,1-3H3;4*1-2H3/t2*9?,11-;2*11-;;;;/m1010..../s1. The van der Waals surface area contributed by atoms with Crippen molar-refractivity contribution in [3.63, 3.8) is 0 Å². The molecule has 6 saturated heterocycles. The zero-order valence-corrected chi connectivity index (χ0v) is 43.7. The normalized spacial score (nSPS) is 32.7. The summed E-state index contributed by atoms with van der Waals surface area (Å²) in [6.45, 7) is 55.4. The zero-order chi connectivity index (χ0) is 46.1. The highest BCUT2D eigenvalue weighted by molar-refractivity contribution is 5.33. The number of nitrogens with one attached hydrogen (secondary N) is 4. The molecule has 8 aliphatic rings. The molecule has 0 aliphatic carbocycles. The van der Waals surface area contributed by atoms with Crippen LogP contribution in [0, 0.1) is 33.5 Å². The first kappa shape index (κ1) is 57.2. The molecule has 8 rings (SSSR count). The molecule has 0 aromatic heterocycles. The molecule has 4 N–H and O–H groups in total. The van der Waals surface area contributed by atoms with Crippen molar-refractivity contribution in [2.75, 3.05) is 79.0 Å². The first-order chi connectivity index (χ1) is 28.2. The van der Waals surface area contributed by atoms with Crippen LogP contribution in [0.1, 0.15) is 177 Å². The summed E-state index contributed by atoms with van der Waals surface area (Å²) >= 11 is 0. The van der Waals surface area contributed by atoms with Gasteiger partial charge in [-0.1, -0.05) is 151 Å². The topological polar surface area (TPSA) is 85.0 Å². The second kappa shape index (κ2) is 25.0. The third kappa shape index (κ3) is 14.6. The highest BCUT2D eigenvalue weighted by atomic mass is 16.5. The minimum absolute atomic E-state index is 0.179. The Kier molecular flexibility index (Phi) is 23.8. The Morgan fingerprint density at radius 3 is 0.967 bits per heavy atom. The molecule has 8 heteroatoms. The fourth-order valence-corrected chi connectivity index (χ4v) is 11.4. The van der Waals surface area contributed by atoms with Crippen LogP contribution in [0.5, 0.6) is 0 Å². The highest BCUT2D eigenvalue weighted by Gasteiger charge is 2.51. The van der Waals surface area contributed by atoms with Gasteiger partial charge in [-0.3, -0.25) is 0 Å². The van der Waals surface area contributed by atoms with Gasteiger partial charge in [0.15, 0.2) is 0 Å². The molecular formula is C52H104N4O4. The lowest BCUT2D eigenvalue weighted by atomic mass is 9.69. The second-order valence-electron chi connectivity index (χ2n) is 21.5. The van der Waals surface area contributed by atoms with Gasteiger partial charge in [-0.05, 0) is 96.3 Å². The summed E-state index contributed by atoms with van der Waals surface area (Å²) < 4.78 is 22.1. The lowest BCUT2D eigenvalue weighted by Crippen LogP contribution is -2.49. The number of ether oxygens (including phenoxy) is 4. The third-order valence-corrected chi connectivity index (χ3v) is 13.5. The van der Waals surface area contributed by atoms with E-state index in [1.165, 1.54) is 49.9 Å². The quantitative estimate of drug-likeness (QED) is 0.179. The maximum atomic E-state index is 5.55. The van der Waals surface area contributed by atoms with E-state index in [1.54, 1.807) is 0 Å². The van der Waals surface area contributed by atoms with E-state index in [9.17, 15) is 0 Å². The summed E-state index contributed by atoms with van der Waals surface area (Å²) in [5.74, 6) is 1.56. The van der Waals surface area contributed by atoms with Gasteiger partial charge in [0.1, 0.15) is 0 Å². The third-order valence-electron chi connectivity index (χ3n) is 13.5. The number of rotatable bonds is 0. The van der Waals surface area contributed by atoms with Crippen LogP contribution in [0.15, 0.2) is 23.3 Å². The Morgan fingerprint density at radius 2 is 0.733 bits per heavy atom. The minimum atomic E-state index is 0.179. The lowest BCUT2D eigenvalue weighted by Gasteiger charge is -2.38. The van der Waals surface area contributed by atoms with Gasteiger partial charge in [0.25, 0.3) is 0 Å². The van der Waals surface area contributed by atoms with Crippen molar-refractivity contribution < 1.29 is 18.9 Å². The molecule has 0 radical (unpaired) electrons. The predicted molar refractivity (Wildman–Crippen MR) is 260 cm³/mol. The molecular weight excluding hydrogens is 745 g/mol. The van der Waals surface area contributed by atoms with E-state index in [0.717, 1.165) is 90.6 Å². The van der Waals surface area contributed by atoms with Crippen LogP contribution < -0.4 is 21.3 Å². The van der Waals surface area contributed by atoms with Gasteiger partial charge in [-0.2, -0.15) is 0 Å². The Labute approximate surface area is 374 Å². The predicted octanol–water partition coefficient (Wildman–Crippen LogP) is 11.1. The highest BCUT2D eigenvalue weighted by Crippen LogP contribution is 2.46. The van der Waals surface area contributed by atoms with Gasteiger partial charge in [-0.25, -0.2) is 0 Å². The Balaban J connectivity index is 0.000000378. The average Bonchev–Trinajstić information content (AvgIpc) is 4.07. The largest absolute Gasteiger partial charge is 0.379 e. The summed E-state index contributed by atoms with van der Waals surface area (Å²) in [6.07, 6.45) is 12.0. The molecule has 8 heterocycles. The smallest absolute Gasteiger partial charge is 0.0688 e. The fraction of sp³-hybridized carbons (Fsp3) is 0.923. The van der Waals surface area contributed by atoms with E-state index in [-0.39, 0.29) is 21.9 Å². The van der Waals surface area contributed by atoms with Crippen molar-refractivity contribution in [2.45, 2.75) is 199 Å². The Morgan fingerprint density at radius 1 is 0.433 bits per heavy atom. The SMILES string of the molecule is CC.CC.CC.CC.CC(C)(C)C1=CCN[C@@]12CCOC2.CC(C)(C)C1=CCN[C@]12CCOC2.CC(C)(C)C1CCN[C@@]12CCOC2.CC(C)(C)C1CCN[C@]12CCOC2. The van der Waals surface area contributed by atoms with Gasteiger partial charge >= 0.3 is 0 Å². The van der Waals surface area contributed by atoms with Crippen molar-refractivity contribution in [2.24, 2.45) is 33.5 Å². The summed E-state index contributed by atoms with van der Waals surface area (Å²) in [6, 6.07) is 0. The molecule has 0 bridgehead atoms. The molecule has 8 aliphatic heterocycles. The van der Waals surface area contributed by atoms with E-state index in [2.05, 4.69) is 117 Å². The maximum absolute atomic E-state index is 5.55. The first-order valence-corrected chi connectivity index (χ1v) is 24.9. The second-order valence-corrected chi connectivity index (χ2v) is 21.5. The molecule has 8 nitrogen and oxygen atoms in total. The molecule has 0 saturated carbocycles. The number of hydrogen-bond donors (Lipinski definition) is 4. The van der Waals surface area contributed by atoms with Crippen molar-refractivity contribution >= 4 is 0 Å². The Bertz CT molecular complexity index is 1120. The van der Waals surface area contributed by atoms with Gasteiger partial charge in [-0.15, -0.1) is 0 Å². The van der Waals surface area contributed by atoms with Gasteiger partial charge in [0.05, 0.1) is 37.5 Å². The fourth-order valence-electron chi connectivity index (χ4n) is 11.4. The molecule has 356 valence electrons. The van der Waals surface area contributed by atoms with Crippen LogP contribution in [0.3, 0.4) is 0 Å². The molecule has 6 atom stereocenters.